The number of halogens is 1. The van der Waals surface area contributed by atoms with E-state index >= 15 is 0 Å². The molecule has 0 aliphatic heterocycles. The molecule has 2 rings (SSSR count). The molecule has 2 amide bonds. The minimum absolute atomic E-state index is 0.0586. The van der Waals surface area contributed by atoms with E-state index < -0.39 is 46.9 Å². The maximum absolute atomic E-state index is 13.4. The summed E-state index contributed by atoms with van der Waals surface area (Å²) < 4.78 is 33.9. The number of carbonyl (C=O) groups excluding carboxylic acids is 3. The first-order chi connectivity index (χ1) is 16.1. The minimum Gasteiger partial charge on any atom is -0.493 e. The molecule has 2 aromatic rings. The van der Waals surface area contributed by atoms with Gasteiger partial charge >= 0.3 is 11.7 Å². The first-order valence-corrected chi connectivity index (χ1v) is 9.63. The number of anilines is 1. The number of nitrogens with one attached hydrogen (secondary N) is 2. The quantitative estimate of drug-likeness (QED) is 0.296. The molecule has 34 heavy (non-hydrogen) atoms. The number of benzene rings is 2. The Morgan fingerprint density at radius 1 is 1.06 bits per heavy atom. The maximum atomic E-state index is 13.4. The molecule has 0 bridgehead atoms. The molecular weight excluding hydrogens is 457 g/mol. The van der Waals surface area contributed by atoms with E-state index in [2.05, 4.69) is 10.6 Å². The number of esters is 1. The van der Waals surface area contributed by atoms with Gasteiger partial charge in [0.2, 0.25) is 11.6 Å². The Kier molecular flexibility index (Phi) is 8.70. The fourth-order valence-electron chi connectivity index (χ4n) is 2.73. The number of hydrogen-bond donors (Lipinski definition) is 2. The lowest BCUT2D eigenvalue weighted by atomic mass is 10.1. The first kappa shape index (κ1) is 25.8. The van der Waals surface area contributed by atoms with Gasteiger partial charge in [-0.2, -0.15) is 4.39 Å². The van der Waals surface area contributed by atoms with E-state index in [0.29, 0.717) is 0 Å². The molecule has 0 spiro atoms. The third kappa shape index (κ3) is 6.31. The van der Waals surface area contributed by atoms with Crippen molar-refractivity contribution >= 4 is 29.2 Å². The van der Waals surface area contributed by atoms with Crippen molar-refractivity contribution in [1.29, 1.82) is 0 Å². The van der Waals surface area contributed by atoms with Crippen LogP contribution in [-0.2, 0) is 14.3 Å². The Morgan fingerprint density at radius 3 is 2.21 bits per heavy atom. The molecule has 0 fully saturated rings. The Labute approximate surface area is 193 Å². The van der Waals surface area contributed by atoms with Gasteiger partial charge in [-0.25, -0.2) is 0 Å². The number of nitro groups is 1. The smallest absolute Gasteiger partial charge is 0.326 e. The van der Waals surface area contributed by atoms with Crippen molar-refractivity contribution in [2.45, 2.75) is 13.0 Å². The minimum atomic E-state index is -1.31. The lowest BCUT2D eigenvalue weighted by Gasteiger charge is -2.15. The van der Waals surface area contributed by atoms with Crippen molar-refractivity contribution < 1.29 is 42.6 Å². The zero-order valence-electron chi connectivity index (χ0n) is 18.7. The van der Waals surface area contributed by atoms with Gasteiger partial charge in [-0.05, 0) is 31.2 Å². The van der Waals surface area contributed by atoms with Crippen LogP contribution in [0.25, 0.3) is 0 Å². The largest absolute Gasteiger partial charge is 0.493 e. The number of rotatable bonds is 10. The summed E-state index contributed by atoms with van der Waals surface area (Å²) in [6.45, 7) is 0.696. The number of hydrogen-bond acceptors (Lipinski definition) is 9. The van der Waals surface area contributed by atoms with Crippen LogP contribution in [0.15, 0.2) is 30.3 Å². The van der Waals surface area contributed by atoms with Gasteiger partial charge in [-0.1, -0.05) is 0 Å². The van der Waals surface area contributed by atoms with E-state index in [1.807, 2.05) is 0 Å². The standard InChI is InChI=1S/C21H22FN3O9/c1-11(20(27)24-13-5-6-14(22)15(9-13)25(29)30)34-18(26)10-23-21(28)12-7-16(31-2)19(33-4)17(8-12)32-3/h5-9,11H,10H2,1-4H3,(H,23,28)(H,24,27). The lowest BCUT2D eigenvalue weighted by molar-refractivity contribution is -0.387. The predicted molar refractivity (Wildman–Crippen MR) is 116 cm³/mol. The molecule has 0 radical (unpaired) electrons. The van der Waals surface area contributed by atoms with Crippen LogP contribution in [0, 0.1) is 15.9 Å². The highest BCUT2D eigenvalue weighted by molar-refractivity contribution is 5.98. The van der Waals surface area contributed by atoms with E-state index in [0.717, 1.165) is 18.2 Å². The van der Waals surface area contributed by atoms with E-state index in [4.69, 9.17) is 18.9 Å². The molecule has 2 aromatic carbocycles. The van der Waals surface area contributed by atoms with Crippen LogP contribution >= 0.6 is 0 Å². The van der Waals surface area contributed by atoms with Crippen molar-refractivity contribution in [2.75, 3.05) is 33.2 Å². The highest BCUT2D eigenvalue weighted by Crippen LogP contribution is 2.38. The number of carbonyl (C=O) groups is 3. The molecule has 0 saturated carbocycles. The zero-order valence-corrected chi connectivity index (χ0v) is 18.7. The van der Waals surface area contributed by atoms with Crippen LogP contribution in [0.3, 0.4) is 0 Å². The third-order valence-electron chi connectivity index (χ3n) is 4.41. The summed E-state index contributed by atoms with van der Waals surface area (Å²) in [5.41, 5.74) is -0.764. The fourth-order valence-corrected chi connectivity index (χ4v) is 2.73. The van der Waals surface area contributed by atoms with Gasteiger partial charge in [0.25, 0.3) is 11.8 Å². The van der Waals surface area contributed by atoms with Crippen molar-refractivity contribution in [3.8, 4) is 17.2 Å². The average Bonchev–Trinajstić information content (AvgIpc) is 2.82. The predicted octanol–water partition coefficient (Wildman–Crippen LogP) is 2.06. The highest BCUT2D eigenvalue weighted by atomic mass is 19.1. The number of methoxy groups -OCH3 is 3. The van der Waals surface area contributed by atoms with Crippen LogP contribution in [0.4, 0.5) is 15.8 Å². The monoisotopic (exact) mass is 479 g/mol. The van der Waals surface area contributed by atoms with Gasteiger partial charge in [-0.3, -0.25) is 24.5 Å². The summed E-state index contributed by atoms with van der Waals surface area (Å²) in [4.78, 5) is 46.5. The number of nitro benzene ring substituents is 1. The summed E-state index contributed by atoms with van der Waals surface area (Å²) in [5.74, 6) is -2.69. The van der Waals surface area contributed by atoms with Crippen molar-refractivity contribution in [3.05, 3.63) is 51.8 Å². The number of ether oxygens (including phenoxy) is 4. The van der Waals surface area contributed by atoms with Gasteiger partial charge < -0.3 is 29.6 Å². The van der Waals surface area contributed by atoms with Crippen LogP contribution in [-0.4, -0.2) is 56.7 Å². The van der Waals surface area contributed by atoms with Gasteiger partial charge in [0.05, 0.1) is 26.3 Å². The molecule has 0 heterocycles. The van der Waals surface area contributed by atoms with Gasteiger partial charge in [0.15, 0.2) is 17.6 Å². The summed E-state index contributed by atoms with van der Waals surface area (Å²) >= 11 is 0. The summed E-state index contributed by atoms with van der Waals surface area (Å²) in [7, 11) is 4.17. The topological polar surface area (TPSA) is 155 Å². The van der Waals surface area contributed by atoms with Gasteiger partial charge in [0, 0.05) is 17.3 Å². The molecule has 0 aliphatic carbocycles. The molecule has 0 aromatic heterocycles. The molecule has 0 aliphatic rings. The molecule has 1 atom stereocenters. The first-order valence-electron chi connectivity index (χ1n) is 9.63. The number of amides is 2. The lowest BCUT2D eigenvalue weighted by Crippen LogP contribution is -2.35. The fraction of sp³-hybridized carbons (Fsp3) is 0.286. The summed E-state index contributed by atoms with van der Waals surface area (Å²) in [6, 6.07) is 5.55. The summed E-state index contributed by atoms with van der Waals surface area (Å²) in [5, 5.41) is 15.4. The molecule has 2 N–H and O–H groups in total. The molecular formula is C21H22FN3O9. The summed E-state index contributed by atoms with van der Waals surface area (Å²) in [6.07, 6.45) is -1.31. The Hall–Kier alpha value is -4.42. The normalized spacial score (nSPS) is 11.1. The third-order valence-corrected chi connectivity index (χ3v) is 4.41. The zero-order chi connectivity index (χ0) is 25.4. The molecule has 1 unspecified atom stereocenters. The molecule has 182 valence electrons. The molecule has 12 nitrogen and oxygen atoms in total. The van der Waals surface area contributed by atoms with Crippen LogP contribution < -0.4 is 24.8 Å². The van der Waals surface area contributed by atoms with E-state index in [1.165, 1.54) is 40.4 Å². The second kappa shape index (κ2) is 11.4. The van der Waals surface area contributed by atoms with Gasteiger partial charge in [0.1, 0.15) is 6.54 Å². The van der Waals surface area contributed by atoms with Crippen molar-refractivity contribution in [2.24, 2.45) is 0 Å². The average molecular weight is 479 g/mol. The molecule has 0 saturated heterocycles. The molecule has 13 heteroatoms. The van der Waals surface area contributed by atoms with Crippen LogP contribution in [0.2, 0.25) is 0 Å². The van der Waals surface area contributed by atoms with E-state index in [1.54, 1.807) is 0 Å². The Morgan fingerprint density at radius 2 is 1.68 bits per heavy atom. The van der Waals surface area contributed by atoms with Gasteiger partial charge in [-0.15, -0.1) is 0 Å². The van der Waals surface area contributed by atoms with Crippen molar-refractivity contribution in [3.63, 3.8) is 0 Å². The van der Waals surface area contributed by atoms with Crippen LogP contribution in [0.1, 0.15) is 17.3 Å². The van der Waals surface area contributed by atoms with E-state index in [-0.39, 0.29) is 28.5 Å². The number of nitrogens with zero attached hydrogens (tertiary/aromatic N) is 1. The Bertz CT molecular complexity index is 1080. The van der Waals surface area contributed by atoms with E-state index in [9.17, 15) is 28.9 Å². The Balaban J connectivity index is 1.96. The SMILES string of the molecule is COc1cc(C(=O)NCC(=O)OC(C)C(=O)Nc2ccc(F)c([N+](=O)[O-])c2)cc(OC)c1OC. The second-order valence-corrected chi connectivity index (χ2v) is 6.64. The van der Waals surface area contributed by atoms with Crippen molar-refractivity contribution in [1.82, 2.24) is 5.32 Å². The highest BCUT2D eigenvalue weighted by Gasteiger charge is 2.22. The second-order valence-electron chi connectivity index (χ2n) is 6.64. The maximum Gasteiger partial charge on any atom is 0.326 e. The van der Waals surface area contributed by atoms with Crippen LogP contribution in [0.5, 0.6) is 17.2 Å².